The molecule has 1 unspecified atom stereocenters. The van der Waals surface area contributed by atoms with Gasteiger partial charge in [0.25, 0.3) is 0 Å². The lowest BCUT2D eigenvalue weighted by Gasteiger charge is -2.22. The van der Waals surface area contributed by atoms with E-state index < -0.39 is 0 Å². The van der Waals surface area contributed by atoms with Crippen LogP contribution in [-0.4, -0.2) is 56.2 Å². The van der Waals surface area contributed by atoms with E-state index in [4.69, 9.17) is 9.47 Å². The lowest BCUT2D eigenvalue weighted by Crippen LogP contribution is -2.41. The summed E-state index contributed by atoms with van der Waals surface area (Å²) < 4.78 is 10.6. The van der Waals surface area contributed by atoms with Crippen LogP contribution in [0.3, 0.4) is 0 Å². The molecule has 1 aromatic rings. The van der Waals surface area contributed by atoms with Crippen molar-refractivity contribution in [2.24, 2.45) is 0 Å². The number of nitrogens with zero attached hydrogens (tertiary/aromatic N) is 1. The van der Waals surface area contributed by atoms with E-state index in [1.807, 2.05) is 24.3 Å². The number of ether oxygens (including phenoxy) is 2. The molecule has 0 spiro atoms. The average Bonchev–Trinajstić information content (AvgIpc) is 3.12. The van der Waals surface area contributed by atoms with Crippen molar-refractivity contribution in [3.63, 3.8) is 0 Å². The first-order valence-corrected chi connectivity index (χ1v) is 8.38. The van der Waals surface area contributed by atoms with Crippen LogP contribution in [0.2, 0.25) is 0 Å². The standard InChI is InChI=1S/C18H26N2O4/c1-14(21)20(10-8-15-5-3-6-16(13-15)23-2)11-9-19-18(22)17-7-4-12-24-17/h3,5-6,13,17H,4,7-12H2,1-2H3,(H,19,22). The molecule has 1 heterocycles. The number of hydrogen-bond acceptors (Lipinski definition) is 4. The molecule has 6 heteroatoms. The lowest BCUT2D eigenvalue weighted by atomic mass is 10.1. The van der Waals surface area contributed by atoms with Crippen molar-refractivity contribution < 1.29 is 19.1 Å². The highest BCUT2D eigenvalue weighted by Crippen LogP contribution is 2.13. The van der Waals surface area contributed by atoms with E-state index >= 15 is 0 Å². The van der Waals surface area contributed by atoms with Gasteiger partial charge in [-0.1, -0.05) is 12.1 Å². The van der Waals surface area contributed by atoms with Crippen LogP contribution < -0.4 is 10.1 Å². The minimum atomic E-state index is -0.326. The quantitative estimate of drug-likeness (QED) is 0.780. The fourth-order valence-electron chi connectivity index (χ4n) is 2.73. The van der Waals surface area contributed by atoms with Gasteiger partial charge >= 0.3 is 0 Å². The third-order valence-corrected chi connectivity index (χ3v) is 4.15. The summed E-state index contributed by atoms with van der Waals surface area (Å²) in [5, 5.41) is 2.85. The molecule has 0 radical (unpaired) electrons. The molecular weight excluding hydrogens is 308 g/mol. The summed E-state index contributed by atoms with van der Waals surface area (Å²) in [4.78, 5) is 25.4. The maximum atomic E-state index is 11.9. The topological polar surface area (TPSA) is 67.9 Å². The van der Waals surface area contributed by atoms with E-state index in [9.17, 15) is 9.59 Å². The molecule has 2 amide bonds. The van der Waals surface area contributed by atoms with Crippen LogP contribution in [0.25, 0.3) is 0 Å². The van der Waals surface area contributed by atoms with Crippen molar-refractivity contribution in [3.8, 4) is 5.75 Å². The largest absolute Gasteiger partial charge is 0.497 e. The number of methoxy groups -OCH3 is 1. The van der Waals surface area contributed by atoms with Gasteiger partial charge in [0.2, 0.25) is 11.8 Å². The van der Waals surface area contributed by atoms with E-state index in [0.29, 0.717) is 26.2 Å². The van der Waals surface area contributed by atoms with Gasteiger partial charge in [0.05, 0.1) is 7.11 Å². The predicted molar refractivity (Wildman–Crippen MR) is 90.9 cm³/mol. The van der Waals surface area contributed by atoms with Crippen molar-refractivity contribution in [2.75, 3.05) is 33.4 Å². The average molecular weight is 334 g/mol. The van der Waals surface area contributed by atoms with Crippen molar-refractivity contribution in [3.05, 3.63) is 29.8 Å². The number of benzene rings is 1. The van der Waals surface area contributed by atoms with Gasteiger partial charge in [-0.25, -0.2) is 0 Å². The molecule has 0 aromatic heterocycles. The number of carbonyl (C=O) groups excluding carboxylic acids is 2. The molecule has 24 heavy (non-hydrogen) atoms. The van der Waals surface area contributed by atoms with Gasteiger partial charge in [0.1, 0.15) is 11.9 Å². The van der Waals surface area contributed by atoms with E-state index in [-0.39, 0.29) is 17.9 Å². The van der Waals surface area contributed by atoms with Crippen molar-refractivity contribution in [2.45, 2.75) is 32.3 Å². The molecule has 2 rings (SSSR count). The molecule has 1 aromatic carbocycles. The summed E-state index contributed by atoms with van der Waals surface area (Å²) in [6.45, 7) is 3.75. The Morgan fingerprint density at radius 1 is 1.38 bits per heavy atom. The van der Waals surface area contributed by atoms with Crippen LogP contribution in [0.1, 0.15) is 25.3 Å². The fraction of sp³-hybridized carbons (Fsp3) is 0.556. The number of rotatable bonds is 8. The van der Waals surface area contributed by atoms with Crippen molar-refractivity contribution in [1.82, 2.24) is 10.2 Å². The predicted octanol–water partition coefficient (Wildman–Crippen LogP) is 1.38. The first-order valence-electron chi connectivity index (χ1n) is 8.38. The lowest BCUT2D eigenvalue weighted by molar-refractivity contribution is -0.132. The number of amides is 2. The summed E-state index contributed by atoms with van der Waals surface area (Å²) in [6, 6.07) is 7.82. The van der Waals surface area contributed by atoms with Gasteiger partial charge in [0.15, 0.2) is 0 Å². The molecule has 6 nitrogen and oxygen atoms in total. The first kappa shape index (κ1) is 18.3. The Balaban J connectivity index is 1.76. The highest BCUT2D eigenvalue weighted by molar-refractivity contribution is 5.81. The Hall–Kier alpha value is -2.08. The van der Waals surface area contributed by atoms with E-state index in [1.165, 1.54) is 0 Å². The van der Waals surface area contributed by atoms with Crippen LogP contribution in [-0.2, 0) is 20.7 Å². The number of hydrogen-bond donors (Lipinski definition) is 1. The smallest absolute Gasteiger partial charge is 0.249 e. The molecule has 1 saturated heterocycles. The fourth-order valence-corrected chi connectivity index (χ4v) is 2.73. The molecule has 0 aliphatic carbocycles. The zero-order valence-corrected chi connectivity index (χ0v) is 14.4. The number of nitrogens with one attached hydrogen (secondary N) is 1. The molecule has 0 bridgehead atoms. The van der Waals surface area contributed by atoms with E-state index in [1.54, 1.807) is 18.9 Å². The molecule has 1 aliphatic rings. The molecule has 0 saturated carbocycles. The Bertz CT molecular complexity index is 556. The number of carbonyl (C=O) groups is 2. The molecule has 1 atom stereocenters. The highest BCUT2D eigenvalue weighted by Gasteiger charge is 2.23. The maximum absolute atomic E-state index is 11.9. The zero-order valence-electron chi connectivity index (χ0n) is 14.4. The molecule has 1 N–H and O–H groups in total. The molecule has 132 valence electrons. The Labute approximate surface area is 143 Å². The minimum absolute atomic E-state index is 0.00395. The Morgan fingerprint density at radius 3 is 2.88 bits per heavy atom. The summed E-state index contributed by atoms with van der Waals surface area (Å²) in [6.07, 6.45) is 2.12. The van der Waals surface area contributed by atoms with Gasteiger partial charge in [-0.3, -0.25) is 9.59 Å². The second-order valence-electron chi connectivity index (χ2n) is 5.90. The van der Waals surface area contributed by atoms with Crippen LogP contribution in [0.5, 0.6) is 5.75 Å². The summed E-state index contributed by atoms with van der Waals surface area (Å²) in [7, 11) is 1.64. The van der Waals surface area contributed by atoms with Crippen LogP contribution in [0.15, 0.2) is 24.3 Å². The third-order valence-electron chi connectivity index (χ3n) is 4.15. The second kappa shape index (κ2) is 9.27. The zero-order chi connectivity index (χ0) is 17.4. The van der Waals surface area contributed by atoms with Crippen LogP contribution in [0.4, 0.5) is 0 Å². The summed E-state index contributed by atoms with van der Waals surface area (Å²) in [5.74, 6) is 0.735. The third kappa shape index (κ3) is 5.53. The Morgan fingerprint density at radius 2 is 2.21 bits per heavy atom. The van der Waals surface area contributed by atoms with Gasteiger partial charge in [-0.05, 0) is 37.0 Å². The van der Waals surface area contributed by atoms with Gasteiger partial charge in [-0.15, -0.1) is 0 Å². The van der Waals surface area contributed by atoms with Crippen molar-refractivity contribution in [1.29, 1.82) is 0 Å². The maximum Gasteiger partial charge on any atom is 0.249 e. The summed E-state index contributed by atoms with van der Waals surface area (Å²) in [5.41, 5.74) is 1.11. The van der Waals surface area contributed by atoms with Crippen LogP contribution in [0, 0.1) is 0 Å². The first-order chi connectivity index (χ1) is 11.6. The van der Waals surface area contributed by atoms with Gasteiger partial charge < -0.3 is 19.7 Å². The molecule has 1 aliphatic heterocycles. The van der Waals surface area contributed by atoms with Gasteiger partial charge in [0, 0.05) is 33.2 Å². The SMILES string of the molecule is COc1cccc(CCN(CCNC(=O)C2CCCO2)C(C)=O)c1. The molecule has 1 fully saturated rings. The minimum Gasteiger partial charge on any atom is -0.497 e. The second-order valence-corrected chi connectivity index (χ2v) is 5.90. The van der Waals surface area contributed by atoms with Crippen molar-refractivity contribution >= 4 is 11.8 Å². The van der Waals surface area contributed by atoms with Crippen LogP contribution >= 0.6 is 0 Å². The van der Waals surface area contributed by atoms with E-state index in [2.05, 4.69) is 5.32 Å². The Kier molecular flexibility index (Phi) is 7.06. The van der Waals surface area contributed by atoms with Gasteiger partial charge in [-0.2, -0.15) is 0 Å². The monoisotopic (exact) mass is 334 g/mol. The normalized spacial score (nSPS) is 16.7. The molecular formula is C18H26N2O4. The summed E-state index contributed by atoms with van der Waals surface area (Å²) >= 11 is 0. The van der Waals surface area contributed by atoms with E-state index in [0.717, 1.165) is 30.6 Å². The highest BCUT2D eigenvalue weighted by atomic mass is 16.5.